The fraction of sp³-hybridized carbons (Fsp3) is 0.417. The summed E-state index contributed by atoms with van der Waals surface area (Å²) in [6.07, 6.45) is -0.0730. The van der Waals surface area contributed by atoms with E-state index in [4.69, 9.17) is 0 Å². The summed E-state index contributed by atoms with van der Waals surface area (Å²) >= 11 is 0. The van der Waals surface area contributed by atoms with Crippen molar-refractivity contribution in [3.63, 3.8) is 0 Å². The molecule has 0 aromatic heterocycles. The average molecular weight is 230 g/mol. The summed E-state index contributed by atoms with van der Waals surface area (Å²) in [5.41, 5.74) is 2.47. The molecule has 0 spiro atoms. The summed E-state index contributed by atoms with van der Waals surface area (Å²) in [6, 6.07) is 3.68. The van der Waals surface area contributed by atoms with Crippen molar-refractivity contribution in [1.82, 2.24) is 0 Å². The number of hydrogen-bond donors (Lipinski definition) is 1. The van der Waals surface area contributed by atoms with Crippen molar-refractivity contribution in [3.05, 3.63) is 28.8 Å². The smallest absolute Gasteiger partial charge is 0.550 e. The Labute approximate surface area is 118 Å². The molecule has 1 unspecified atom stereocenters. The molecule has 16 heavy (non-hydrogen) atoms. The van der Waals surface area contributed by atoms with Gasteiger partial charge in [0.1, 0.15) is 5.75 Å². The molecule has 0 saturated heterocycles. The minimum atomic E-state index is -1.10. The molecule has 82 valence electrons. The third-order valence-electron chi connectivity index (χ3n) is 2.48. The number of aryl methyl sites for hydroxylation is 2. The molecule has 0 heterocycles. The molecule has 0 aliphatic carbocycles. The van der Waals surface area contributed by atoms with E-state index in [1.807, 2.05) is 19.1 Å². The molecule has 3 nitrogen and oxygen atoms in total. The third-order valence-corrected chi connectivity index (χ3v) is 2.48. The Morgan fingerprint density at radius 2 is 2.00 bits per heavy atom. The van der Waals surface area contributed by atoms with E-state index in [1.54, 1.807) is 13.8 Å². The van der Waals surface area contributed by atoms with Gasteiger partial charge in [0, 0.05) is 5.97 Å². The molecule has 1 rings (SSSR count). The summed E-state index contributed by atoms with van der Waals surface area (Å²) in [4.78, 5) is 10.5. The summed E-state index contributed by atoms with van der Waals surface area (Å²) in [5.74, 6) is -1.14. The van der Waals surface area contributed by atoms with Crippen LogP contribution < -0.4 is 34.7 Å². The molecular formula is C12H15NaO3. The first kappa shape index (κ1) is 15.5. The summed E-state index contributed by atoms with van der Waals surface area (Å²) in [5, 5.41) is 20.3. The maximum atomic E-state index is 10.5. The fourth-order valence-corrected chi connectivity index (χ4v) is 1.73. The predicted octanol–water partition coefficient (Wildman–Crippen LogP) is -1.74. The third kappa shape index (κ3) is 3.81. The van der Waals surface area contributed by atoms with Crippen LogP contribution in [-0.2, 0) is 4.79 Å². The van der Waals surface area contributed by atoms with Crippen LogP contribution in [0.4, 0.5) is 0 Å². The van der Waals surface area contributed by atoms with Gasteiger partial charge in [0.05, 0.1) is 0 Å². The van der Waals surface area contributed by atoms with Crippen molar-refractivity contribution in [1.29, 1.82) is 0 Å². The standard InChI is InChI=1S/C12H16O3.Na/c1-7-4-9(3)12(15)10(5-7)8(2)6-11(13)14;/h4-5,8,15H,6H2,1-3H3,(H,13,14);/q;+1/p-1. The molecule has 4 heteroatoms. The zero-order valence-corrected chi connectivity index (χ0v) is 12.2. The predicted molar refractivity (Wildman–Crippen MR) is 55.6 cm³/mol. The molecule has 0 bridgehead atoms. The van der Waals surface area contributed by atoms with E-state index in [0.717, 1.165) is 11.1 Å². The minimum absolute atomic E-state index is 0. The van der Waals surface area contributed by atoms with Gasteiger partial charge in [0.15, 0.2) is 0 Å². The number of aliphatic carboxylic acids is 1. The fourth-order valence-electron chi connectivity index (χ4n) is 1.73. The Bertz CT molecular complexity index is 388. The van der Waals surface area contributed by atoms with Crippen LogP contribution in [0.15, 0.2) is 12.1 Å². The number of carbonyl (C=O) groups is 1. The van der Waals surface area contributed by atoms with Crippen molar-refractivity contribution in [2.45, 2.75) is 33.1 Å². The maximum Gasteiger partial charge on any atom is 1.00 e. The van der Waals surface area contributed by atoms with Crippen molar-refractivity contribution in [2.75, 3.05) is 0 Å². The van der Waals surface area contributed by atoms with Crippen molar-refractivity contribution >= 4 is 5.97 Å². The molecular weight excluding hydrogens is 215 g/mol. The maximum absolute atomic E-state index is 10.5. The molecule has 0 fully saturated rings. The Morgan fingerprint density at radius 1 is 1.44 bits per heavy atom. The van der Waals surface area contributed by atoms with Gasteiger partial charge >= 0.3 is 29.6 Å². The van der Waals surface area contributed by atoms with E-state index in [9.17, 15) is 15.0 Å². The monoisotopic (exact) mass is 230 g/mol. The zero-order valence-electron chi connectivity index (χ0n) is 10.2. The van der Waals surface area contributed by atoms with E-state index in [-0.39, 0.29) is 47.6 Å². The Kier molecular flexibility index (Phi) is 6.08. The van der Waals surface area contributed by atoms with Crippen LogP contribution in [0.25, 0.3) is 0 Å². The molecule has 1 aromatic carbocycles. The Morgan fingerprint density at radius 3 is 2.50 bits per heavy atom. The number of carboxylic acid groups (broad SMARTS) is 1. The number of aromatic hydroxyl groups is 1. The Hall–Kier alpha value is -0.510. The summed E-state index contributed by atoms with van der Waals surface area (Å²) < 4.78 is 0. The number of hydrogen-bond acceptors (Lipinski definition) is 3. The molecule has 1 atom stereocenters. The molecule has 0 amide bonds. The van der Waals surface area contributed by atoms with E-state index in [0.29, 0.717) is 5.56 Å². The summed E-state index contributed by atoms with van der Waals surface area (Å²) in [6.45, 7) is 5.49. The summed E-state index contributed by atoms with van der Waals surface area (Å²) in [7, 11) is 0. The number of rotatable bonds is 3. The number of benzene rings is 1. The first-order valence-electron chi connectivity index (χ1n) is 4.91. The molecule has 1 aromatic rings. The van der Waals surface area contributed by atoms with Gasteiger partial charge in [0.2, 0.25) is 0 Å². The van der Waals surface area contributed by atoms with Crippen LogP contribution >= 0.6 is 0 Å². The van der Waals surface area contributed by atoms with E-state index < -0.39 is 5.97 Å². The minimum Gasteiger partial charge on any atom is -0.550 e. The quantitative estimate of drug-likeness (QED) is 0.627. The van der Waals surface area contributed by atoms with Crippen LogP contribution in [-0.4, -0.2) is 11.1 Å². The van der Waals surface area contributed by atoms with Gasteiger partial charge in [-0.3, -0.25) is 0 Å². The second-order valence-corrected chi connectivity index (χ2v) is 4.00. The number of phenols is 1. The van der Waals surface area contributed by atoms with Gasteiger partial charge in [-0.1, -0.05) is 24.6 Å². The number of carboxylic acids is 1. The van der Waals surface area contributed by atoms with Gasteiger partial charge in [-0.15, -0.1) is 0 Å². The van der Waals surface area contributed by atoms with Gasteiger partial charge in [0.25, 0.3) is 0 Å². The van der Waals surface area contributed by atoms with Crippen LogP contribution in [0.5, 0.6) is 5.75 Å². The van der Waals surface area contributed by atoms with Gasteiger partial charge in [-0.05, 0) is 37.3 Å². The average Bonchev–Trinajstić information content (AvgIpc) is 2.09. The van der Waals surface area contributed by atoms with E-state index >= 15 is 0 Å². The van der Waals surface area contributed by atoms with Crippen LogP contribution in [0.3, 0.4) is 0 Å². The molecule has 0 aliphatic rings. The molecule has 1 N–H and O–H groups in total. The second-order valence-electron chi connectivity index (χ2n) is 4.00. The van der Waals surface area contributed by atoms with Crippen LogP contribution in [0, 0.1) is 13.8 Å². The van der Waals surface area contributed by atoms with E-state index in [1.165, 1.54) is 0 Å². The van der Waals surface area contributed by atoms with Gasteiger partial charge in [-0.2, -0.15) is 0 Å². The number of phenolic OH excluding ortho intramolecular Hbond substituents is 1. The topological polar surface area (TPSA) is 60.4 Å². The van der Waals surface area contributed by atoms with Crippen LogP contribution in [0.2, 0.25) is 0 Å². The van der Waals surface area contributed by atoms with Gasteiger partial charge < -0.3 is 15.0 Å². The normalized spacial score (nSPS) is 11.7. The SMILES string of the molecule is Cc1cc(C)c(O)c(C(C)CC(=O)[O-])c1.[Na+]. The number of carbonyl (C=O) groups excluding carboxylic acids is 1. The first-order valence-corrected chi connectivity index (χ1v) is 4.91. The van der Waals surface area contributed by atoms with Gasteiger partial charge in [-0.25, -0.2) is 0 Å². The zero-order chi connectivity index (χ0) is 11.6. The van der Waals surface area contributed by atoms with E-state index in [2.05, 4.69) is 0 Å². The Balaban J connectivity index is 0.00000225. The molecule has 0 saturated carbocycles. The first-order chi connectivity index (χ1) is 6.91. The molecule has 0 aliphatic heterocycles. The van der Waals surface area contributed by atoms with Crippen molar-refractivity contribution in [3.8, 4) is 5.75 Å². The van der Waals surface area contributed by atoms with Crippen molar-refractivity contribution in [2.24, 2.45) is 0 Å². The van der Waals surface area contributed by atoms with Crippen molar-refractivity contribution < 1.29 is 44.6 Å². The molecule has 0 radical (unpaired) electrons. The second kappa shape index (κ2) is 6.28. The largest absolute Gasteiger partial charge is 1.00 e. The van der Waals surface area contributed by atoms with Crippen LogP contribution in [0.1, 0.15) is 36.0 Å².